The van der Waals surface area contributed by atoms with Gasteiger partial charge in [0.15, 0.2) is 0 Å². The van der Waals surface area contributed by atoms with Crippen molar-refractivity contribution < 1.29 is 13.2 Å². The molecule has 0 bridgehead atoms. The molecule has 2 heterocycles. The third-order valence-electron chi connectivity index (χ3n) is 3.51. The Morgan fingerprint density at radius 3 is 2.95 bits per heavy atom. The number of nitrogens with zero attached hydrogens (tertiary/aromatic N) is 2. The average Bonchev–Trinajstić information content (AvgIpc) is 2.96. The minimum absolute atomic E-state index is 0.0534. The van der Waals surface area contributed by atoms with E-state index in [1.807, 2.05) is 12.1 Å². The van der Waals surface area contributed by atoms with Gasteiger partial charge in [-0.15, -0.1) is 0 Å². The van der Waals surface area contributed by atoms with Crippen molar-refractivity contribution in [2.75, 3.05) is 25.4 Å². The van der Waals surface area contributed by atoms with Crippen molar-refractivity contribution in [1.82, 2.24) is 9.29 Å². The fourth-order valence-electron chi connectivity index (χ4n) is 2.40. The molecule has 1 unspecified atom stereocenters. The van der Waals surface area contributed by atoms with Gasteiger partial charge in [0.05, 0.1) is 11.9 Å². The van der Waals surface area contributed by atoms with Gasteiger partial charge in [-0.1, -0.05) is 6.07 Å². The summed E-state index contributed by atoms with van der Waals surface area (Å²) in [5.41, 5.74) is 6.40. The van der Waals surface area contributed by atoms with Gasteiger partial charge in [-0.05, 0) is 37.4 Å². The average molecular weight is 313 g/mol. The number of ether oxygens (including phenoxy) is 1. The molecule has 1 aromatic rings. The molecule has 0 radical (unpaired) electrons. The lowest BCUT2D eigenvalue weighted by atomic mass is 10.3. The predicted octanol–water partition coefficient (Wildman–Crippen LogP) is 0.741. The highest BCUT2D eigenvalue weighted by Gasteiger charge is 2.28. The van der Waals surface area contributed by atoms with Crippen molar-refractivity contribution in [3.8, 4) is 0 Å². The number of hydrogen-bond acceptors (Lipinski definition) is 5. The molecular formula is C14H23N3O3S. The normalized spacial score (nSPS) is 19.2. The van der Waals surface area contributed by atoms with Crippen molar-refractivity contribution in [2.45, 2.75) is 31.9 Å². The highest BCUT2D eigenvalue weighted by molar-refractivity contribution is 7.89. The molecule has 1 fully saturated rings. The van der Waals surface area contributed by atoms with Crippen LogP contribution in [0.2, 0.25) is 0 Å². The first-order valence-electron chi connectivity index (χ1n) is 7.30. The number of hydrogen-bond donors (Lipinski definition) is 1. The van der Waals surface area contributed by atoms with E-state index >= 15 is 0 Å². The van der Waals surface area contributed by atoms with E-state index in [4.69, 9.17) is 10.5 Å². The summed E-state index contributed by atoms with van der Waals surface area (Å²) >= 11 is 0. The molecule has 0 aliphatic carbocycles. The Morgan fingerprint density at radius 1 is 1.48 bits per heavy atom. The van der Waals surface area contributed by atoms with Crippen molar-refractivity contribution >= 4 is 10.0 Å². The van der Waals surface area contributed by atoms with E-state index in [0.29, 0.717) is 32.7 Å². The van der Waals surface area contributed by atoms with Crippen molar-refractivity contribution in [2.24, 2.45) is 5.73 Å². The molecule has 2 rings (SSSR count). The summed E-state index contributed by atoms with van der Waals surface area (Å²) in [6.07, 6.45) is 5.59. The van der Waals surface area contributed by atoms with Crippen molar-refractivity contribution in [3.63, 3.8) is 0 Å². The fraction of sp³-hybridized carbons (Fsp3) is 0.643. The minimum atomic E-state index is -3.35. The third-order valence-corrected chi connectivity index (χ3v) is 5.40. The van der Waals surface area contributed by atoms with Crippen molar-refractivity contribution in [1.29, 1.82) is 0 Å². The Hall–Kier alpha value is -1.02. The van der Waals surface area contributed by atoms with Gasteiger partial charge in [-0.3, -0.25) is 4.98 Å². The van der Waals surface area contributed by atoms with E-state index in [0.717, 1.165) is 18.4 Å². The molecular weight excluding hydrogens is 290 g/mol. The van der Waals surface area contributed by atoms with E-state index in [1.165, 1.54) is 4.31 Å². The zero-order chi connectivity index (χ0) is 15.1. The van der Waals surface area contributed by atoms with Gasteiger partial charge in [-0.2, -0.15) is 4.31 Å². The number of sulfonamides is 1. The fourth-order valence-corrected chi connectivity index (χ4v) is 4.09. The van der Waals surface area contributed by atoms with Crippen molar-refractivity contribution in [3.05, 3.63) is 30.1 Å². The zero-order valence-electron chi connectivity index (χ0n) is 12.1. The van der Waals surface area contributed by atoms with Gasteiger partial charge in [0.1, 0.15) is 0 Å². The van der Waals surface area contributed by atoms with E-state index in [2.05, 4.69) is 4.98 Å². The molecule has 1 aliphatic heterocycles. The third kappa shape index (κ3) is 5.03. The molecule has 1 atom stereocenters. The molecule has 21 heavy (non-hydrogen) atoms. The van der Waals surface area contributed by atoms with Crippen LogP contribution in [0.3, 0.4) is 0 Å². The van der Waals surface area contributed by atoms with Gasteiger partial charge in [0.2, 0.25) is 10.0 Å². The molecule has 2 N–H and O–H groups in total. The van der Waals surface area contributed by atoms with Crippen LogP contribution >= 0.6 is 0 Å². The lowest BCUT2D eigenvalue weighted by Crippen LogP contribution is -2.37. The maximum absolute atomic E-state index is 12.6. The first-order chi connectivity index (χ1) is 10.1. The van der Waals surface area contributed by atoms with Gasteiger partial charge in [0.25, 0.3) is 0 Å². The number of aromatic nitrogens is 1. The molecule has 6 nitrogen and oxygen atoms in total. The summed E-state index contributed by atoms with van der Waals surface area (Å²) in [5.74, 6) is 0.0534. The van der Waals surface area contributed by atoms with Crippen LogP contribution in [-0.2, 0) is 21.3 Å². The second-order valence-electron chi connectivity index (χ2n) is 5.25. The smallest absolute Gasteiger partial charge is 0.216 e. The van der Waals surface area contributed by atoms with E-state index in [1.54, 1.807) is 12.4 Å². The Morgan fingerprint density at radius 2 is 2.33 bits per heavy atom. The van der Waals surface area contributed by atoms with Crippen LogP contribution in [0.25, 0.3) is 0 Å². The summed E-state index contributed by atoms with van der Waals surface area (Å²) in [4.78, 5) is 4.03. The first-order valence-corrected chi connectivity index (χ1v) is 8.91. The minimum Gasteiger partial charge on any atom is -0.377 e. The molecule has 0 saturated carbocycles. The summed E-state index contributed by atoms with van der Waals surface area (Å²) in [6, 6.07) is 3.69. The molecule has 1 aromatic heterocycles. The lowest BCUT2D eigenvalue weighted by molar-refractivity contribution is 0.126. The first kappa shape index (κ1) is 16.4. The SMILES string of the molecule is NCCCN(Cc1cccnc1)S(=O)(=O)CC1CCCO1. The highest BCUT2D eigenvalue weighted by Crippen LogP contribution is 2.17. The molecule has 1 aliphatic rings. The van der Waals surface area contributed by atoms with Gasteiger partial charge in [0, 0.05) is 32.1 Å². The molecule has 118 valence electrons. The number of rotatable bonds is 8. The van der Waals surface area contributed by atoms with Crippen LogP contribution in [0.15, 0.2) is 24.5 Å². The van der Waals surface area contributed by atoms with Crippen LogP contribution in [0, 0.1) is 0 Å². The predicted molar refractivity (Wildman–Crippen MR) is 81.1 cm³/mol. The summed E-state index contributed by atoms with van der Waals surface area (Å²) in [7, 11) is -3.35. The van der Waals surface area contributed by atoms with E-state index in [9.17, 15) is 8.42 Å². The van der Waals surface area contributed by atoms with Crippen LogP contribution in [0.4, 0.5) is 0 Å². The second-order valence-corrected chi connectivity index (χ2v) is 7.26. The van der Waals surface area contributed by atoms with E-state index < -0.39 is 10.0 Å². The van der Waals surface area contributed by atoms with Gasteiger partial charge in [-0.25, -0.2) is 8.42 Å². The molecule has 7 heteroatoms. The Bertz CT molecular complexity index is 516. The zero-order valence-corrected chi connectivity index (χ0v) is 13.0. The molecule has 0 aromatic carbocycles. The standard InChI is InChI=1S/C14H23N3O3S/c15-6-3-8-17(11-13-4-1-7-16-10-13)21(18,19)12-14-5-2-9-20-14/h1,4,7,10,14H,2-3,5-6,8-9,11-12,15H2. The summed E-state index contributed by atoms with van der Waals surface area (Å²) < 4.78 is 32.1. The molecule has 1 saturated heterocycles. The van der Waals surface area contributed by atoms with E-state index in [-0.39, 0.29) is 11.9 Å². The van der Waals surface area contributed by atoms with Gasteiger partial charge < -0.3 is 10.5 Å². The Kier molecular flexibility index (Phi) is 6.10. The van der Waals surface area contributed by atoms with Crippen LogP contribution in [-0.4, -0.2) is 49.3 Å². The Balaban J connectivity index is 2.06. The van der Waals surface area contributed by atoms with Crippen LogP contribution < -0.4 is 5.73 Å². The maximum Gasteiger partial charge on any atom is 0.216 e. The number of nitrogens with two attached hydrogens (primary N) is 1. The largest absolute Gasteiger partial charge is 0.377 e. The quantitative estimate of drug-likeness (QED) is 0.765. The monoisotopic (exact) mass is 313 g/mol. The van der Waals surface area contributed by atoms with Crippen LogP contribution in [0.1, 0.15) is 24.8 Å². The lowest BCUT2D eigenvalue weighted by Gasteiger charge is -2.23. The topological polar surface area (TPSA) is 85.5 Å². The maximum atomic E-state index is 12.6. The Labute approximate surface area is 126 Å². The van der Waals surface area contributed by atoms with Crippen LogP contribution in [0.5, 0.6) is 0 Å². The number of pyridine rings is 1. The summed E-state index contributed by atoms with van der Waals surface area (Å²) in [6.45, 7) is 1.90. The highest BCUT2D eigenvalue weighted by atomic mass is 32.2. The summed E-state index contributed by atoms with van der Waals surface area (Å²) in [5, 5.41) is 0. The molecule has 0 spiro atoms. The van der Waals surface area contributed by atoms with Gasteiger partial charge >= 0.3 is 0 Å². The molecule has 0 amide bonds. The second kappa shape index (κ2) is 7.84.